The van der Waals surface area contributed by atoms with Crippen molar-refractivity contribution < 1.29 is 9.21 Å². The van der Waals surface area contributed by atoms with E-state index in [9.17, 15) is 4.79 Å². The summed E-state index contributed by atoms with van der Waals surface area (Å²) in [6.45, 7) is 0. The third-order valence-electron chi connectivity index (χ3n) is 7.00. The van der Waals surface area contributed by atoms with Gasteiger partial charge in [-0.1, -0.05) is 12.5 Å². The number of benzene rings is 1. The first kappa shape index (κ1) is 20.6. The summed E-state index contributed by atoms with van der Waals surface area (Å²) in [7, 11) is 0. The van der Waals surface area contributed by atoms with Crippen LogP contribution in [0.4, 0.5) is 5.69 Å². The fourth-order valence-electron chi connectivity index (χ4n) is 4.80. The molecular formula is C28H22N6O2. The van der Waals surface area contributed by atoms with Gasteiger partial charge in [-0.15, -0.1) is 0 Å². The van der Waals surface area contributed by atoms with Crippen LogP contribution in [0, 0.1) is 5.92 Å². The Labute approximate surface area is 205 Å². The SMILES string of the molecule is O=C(Nc1cncc(-c2ccc3[nH]nc(-c4cc5c(-c6ccoc6)ccnc5[nH]4)c3c2)c1)C1CCC1. The van der Waals surface area contributed by atoms with E-state index in [4.69, 9.17) is 4.42 Å². The number of hydrogen-bond donors (Lipinski definition) is 3. The van der Waals surface area contributed by atoms with E-state index in [0.717, 1.165) is 74.8 Å². The number of furan rings is 1. The molecule has 0 unspecified atom stereocenters. The highest BCUT2D eigenvalue weighted by Crippen LogP contribution is 2.35. The molecule has 36 heavy (non-hydrogen) atoms. The first-order valence-electron chi connectivity index (χ1n) is 12.0. The number of rotatable bonds is 5. The average molecular weight is 475 g/mol. The molecule has 1 aromatic carbocycles. The van der Waals surface area contributed by atoms with Crippen molar-refractivity contribution in [3.05, 3.63) is 73.6 Å². The highest BCUT2D eigenvalue weighted by atomic mass is 16.3. The van der Waals surface area contributed by atoms with Crippen LogP contribution in [0.15, 0.2) is 78.0 Å². The zero-order chi connectivity index (χ0) is 24.1. The van der Waals surface area contributed by atoms with Crippen molar-refractivity contribution in [2.24, 2.45) is 5.92 Å². The van der Waals surface area contributed by atoms with Crippen LogP contribution in [0.5, 0.6) is 0 Å². The lowest BCUT2D eigenvalue weighted by atomic mass is 9.85. The molecule has 8 heteroatoms. The largest absolute Gasteiger partial charge is 0.472 e. The van der Waals surface area contributed by atoms with Crippen LogP contribution in [-0.4, -0.2) is 31.1 Å². The minimum Gasteiger partial charge on any atom is -0.472 e. The summed E-state index contributed by atoms with van der Waals surface area (Å²) in [5, 5.41) is 12.7. The molecule has 176 valence electrons. The summed E-state index contributed by atoms with van der Waals surface area (Å²) in [5.41, 5.74) is 8.07. The number of fused-ring (bicyclic) bond motifs is 2. The van der Waals surface area contributed by atoms with Crippen LogP contribution in [-0.2, 0) is 4.79 Å². The third kappa shape index (κ3) is 3.46. The summed E-state index contributed by atoms with van der Waals surface area (Å²) in [4.78, 5) is 24.7. The lowest BCUT2D eigenvalue weighted by Gasteiger charge is -2.24. The van der Waals surface area contributed by atoms with Gasteiger partial charge in [-0.05, 0) is 60.4 Å². The number of hydrogen-bond acceptors (Lipinski definition) is 5. The van der Waals surface area contributed by atoms with E-state index < -0.39 is 0 Å². The Morgan fingerprint density at radius 2 is 1.94 bits per heavy atom. The summed E-state index contributed by atoms with van der Waals surface area (Å²) in [5.74, 6) is 0.202. The van der Waals surface area contributed by atoms with Gasteiger partial charge in [0, 0.05) is 40.2 Å². The molecule has 1 aliphatic carbocycles. The Hall–Kier alpha value is -4.72. The van der Waals surface area contributed by atoms with Gasteiger partial charge >= 0.3 is 0 Å². The zero-order valence-corrected chi connectivity index (χ0v) is 19.3. The lowest BCUT2D eigenvalue weighted by molar-refractivity contribution is -0.122. The smallest absolute Gasteiger partial charge is 0.227 e. The molecule has 6 aromatic rings. The van der Waals surface area contributed by atoms with Crippen molar-refractivity contribution in [2.45, 2.75) is 19.3 Å². The third-order valence-corrected chi connectivity index (χ3v) is 7.00. The molecule has 0 spiro atoms. The van der Waals surface area contributed by atoms with E-state index in [-0.39, 0.29) is 11.8 Å². The predicted molar refractivity (Wildman–Crippen MR) is 138 cm³/mol. The van der Waals surface area contributed by atoms with Crippen molar-refractivity contribution >= 4 is 33.5 Å². The molecule has 0 aliphatic heterocycles. The molecule has 1 aliphatic rings. The number of carbonyl (C=O) groups excluding carboxylic acids is 1. The summed E-state index contributed by atoms with van der Waals surface area (Å²) in [6, 6.07) is 14.1. The number of anilines is 1. The van der Waals surface area contributed by atoms with Gasteiger partial charge in [-0.25, -0.2) is 4.98 Å². The predicted octanol–water partition coefficient (Wildman–Crippen LogP) is 6.17. The minimum absolute atomic E-state index is 0.0787. The summed E-state index contributed by atoms with van der Waals surface area (Å²) in [6.07, 6.45) is 11.7. The van der Waals surface area contributed by atoms with E-state index in [1.807, 2.05) is 36.5 Å². The maximum absolute atomic E-state index is 12.4. The van der Waals surface area contributed by atoms with Gasteiger partial charge in [0.25, 0.3) is 0 Å². The van der Waals surface area contributed by atoms with Crippen LogP contribution in [0.2, 0.25) is 0 Å². The molecule has 5 aromatic heterocycles. The number of aromatic amines is 2. The van der Waals surface area contributed by atoms with Gasteiger partial charge in [0.15, 0.2) is 0 Å². The Morgan fingerprint density at radius 1 is 1.00 bits per heavy atom. The van der Waals surface area contributed by atoms with Gasteiger partial charge in [0.1, 0.15) is 11.3 Å². The zero-order valence-electron chi connectivity index (χ0n) is 19.3. The number of carbonyl (C=O) groups is 1. The van der Waals surface area contributed by atoms with Gasteiger partial charge in [-0.3, -0.25) is 14.9 Å². The van der Waals surface area contributed by atoms with Crippen molar-refractivity contribution in [3.63, 3.8) is 0 Å². The Morgan fingerprint density at radius 3 is 2.78 bits per heavy atom. The van der Waals surface area contributed by atoms with Gasteiger partial charge < -0.3 is 14.7 Å². The summed E-state index contributed by atoms with van der Waals surface area (Å²) < 4.78 is 5.28. The number of pyridine rings is 2. The van der Waals surface area contributed by atoms with Gasteiger partial charge in [0.2, 0.25) is 5.91 Å². The number of nitrogens with zero attached hydrogens (tertiary/aromatic N) is 3. The normalized spacial score (nSPS) is 13.8. The quantitative estimate of drug-likeness (QED) is 0.277. The van der Waals surface area contributed by atoms with E-state index in [1.165, 1.54) is 0 Å². The molecule has 7 rings (SSSR count). The Kier molecular flexibility index (Phi) is 4.70. The monoisotopic (exact) mass is 474 g/mol. The second kappa shape index (κ2) is 8.20. The van der Waals surface area contributed by atoms with Gasteiger partial charge in [-0.2, -0.15) is 5.10 Å². The maximum Gasteiger partial charge on any atom is 0.227 e. The van der Waals surface area contributed by atoms with E-state index in [2.05, 4.69) is 42.6 Å². The average Bonchev–Trinajstić information content (AvgIpc) is 3.61. The molecule has 1 amide bonds. The molecule has 5 heterocycles. The number of nitrogens with one attached hydrogen (secondary N) is 3. The lowest BCUT2D eigenvalue weighted by Crippen LogP contribution is -2.28. The Balaban J connectivity index is 1.26. The van der Waals surface area contributed by atoms with Crippen LogP contribution in [0.1, 0.15) is 19.3 Å². The fraction of sp³-hybridized carbons (Fsp3) is 0.143. The molecule has 1 fully saturated rings. The van der Waals surface area contributed by atoms with Crippen LogP contribution in [0.25, 0.3) is 55.6 Å². The molecular weight excluding hydrogens is 452 g/mol. The highest BCUT2D eigenvalue weighted by Gasteiger charge is 2.25. The second-order valence-electron chi connectivity index (χ2n) is 9.23. The van der Waals surface area contributed by atoms with Crippen LogP contribution >= 0.6 is 0 Å². The van der Waals surface area contributed by atoms with Crippen molar-refractivity contribution in [1.29, 1.82) is 0 Å². The molecule has 3 N–H and O–H groups in total. The van der Waals surface area contributed by atoms with Crippen molar-refractivity contribution in [1.82, 2.24) is 25.1 Å². The maximum atomic E-state index is 12.4. The number of amides is 1. The number of aromatic nitrogens is 5. The molecule has 8 nitrogen and oxygen atoms in total. The van der Waals surface area contributed by atoms with E-state index in [1.54, 1.807) is 24.9 Å². The topological polar surface area (TPSA) is 112 Å². The first-order chi connectivity index (χ1) is 17.7. The fourth-order valence-corrected chi connectivity index (χ4v) is 4.80. The van der Waals surface area contributed by atoms with E-state index >= 15 is 0 Å². The standard InChI is InChI=1S/C28H22N6O2/c35-28(16-2-1-3-16)31-20-10-19(13-29-14-20)17-4-5-24-23(11-17)26(34-33-24)25-12-22-21(18-7-9-36-15-18)6-8-30-27(22)32-25/h4-16H,1-3H2,(H,30,32)(H,31,35)(H,33,34). The molecule has 0 saturated heterocycles. The Bertz CT molecular complexity index is 1730. The van der Waals surface area contributed by atoms with E-state index in [0.29, 0.717) is 5.69 Å². The molecule has 0 bridgehead atoms. The van der Waals surface area contributed by atoms with Crippen LogP contribution < -0.4 is 5.32 Å². The summed E-state index contributed by atoms with van der Waals surface area (Å²) >= 11 is 0. The van der Waals surface area contributed by atoms with Crippen molar-refractivity contribution in [2.75, 3.05) is 5.32 Å². The molecule has 1 saturated carbocycles. The van der Waals surface area contributed by atoms with Crippen LogP contribution in [0.3, 0.4) is 0 Å². The first-order valence-corrected chi connectivity index (χ1v) is 12.0. The van der Waals surface area contributed by atoms with Gasteiger partial charge in [0.05, 0.1) is 35.6 Å². The highest BCUT2D eigenvalue weighted by molar-refractivity contribution is 6.01. The number of H-pyrrole nitrogens is 2. The molecule has 0 atom stereocenters. The second-order valence-corrected chi connectivity index (χ2v) is 9.23. The minimum atomic E-state index is 0.0787. The molecule has 0 radical (unpaired) electrons. The van der Waals surface area contributed by atoms with Crippen molar-refractivity contribution in [3.8, 4) is 33.6 Å².